The highest BCUT2D eigenvalue weighted by molar-refractivity contribution is 8.02. The van der Waals surface area contributed by atoms with Gasteiger partial charge in [0, 0.05) is 12.4 Å². The molecule has 0 aliphatic carbocycles. The van der Waals surface area contributed by atoms with Crippen LogP contribution in [-0.4, -0.2) is 34.3 Å². The third kappa shape index (κ3) is 1.78. The van der Waals surface area contributed by atoms with Gasteiger partial charge in [0.05, 0.1) is 5.70 Å². The Labute approximate surface area is 90.3 Å². The molecule has 2 heterocycles. The molecule has 0 radical (unpaired) electrons. The molecule has 15 heavy (non-hydrogen) atoms. The van der Waals surface area contributed by atoms with E-state index in [0.717, 1.165) is 0 Å². The number of oxime groups is 1. The number of aliphatic carboxylic acids is 1. The molecule has 80 valence electrons. The van der Waals surface area contributed by atoms with E-state index in [1.807, 2.05) is 16.5 Å². The van der Waals surface area contributed by atoms with Crippen LogP contribution in [0.2, 0.25) is 0 Å². The molecule has 0 spiro atoms. The molecule has 0 saturated carbocycles. The summed E-state index contributed by atoms with van der Waals surface area (Å²) in [5.74, 6) is -1.12. The van der Waals surface area contributed by atoms with Gasteiger partial charge >= 0.3 is 5.97 Å². The summed E-state index contributed by atoms with van der Waals surface area (Å²) in [5.41, 5.74) is 0.355. The highest BCUT2D eigenvalue weighted by atomic mass is 32.2. The first-order valence-corrected chi connectivity index (χ1v) is 5.09. The number of carboxylic acids is 1. The molecule has 6 nitrogen and oxygen atoms in total. The van der Waals surface area contributed by atoms with Crippen LogP contribution in [0.3, 0.4) is 0 Å². The Balaban J connectivity index is 2.20. The highest BCUT2D eigenvalue weighted by Crippen LogP contribution is 2.28. The number of hydrogen-bond acceptors (Lipinski definition) is 6. The number of thioether (sulfide) groups is 1. The molecular weight excluding hydrogens is 218 g/mol. The SMILES string of the molecule is CO/N=C(\C(=O)O)C1=CN2C=CSC2N1. The topological polar surface area (TPSA) is 74.2 Å². The van der Waals surface area contributed by atoms with Gasteiger partial charge in [-0.25, -0.2) is 4.79 Å². The summed E-state index contributed by atoms with van der Waals surface area (Å²) in [5, 5.41) is 17.3. The molecule has 0 saturated heterocycles. The van der Waals surface area contributed by atoms with Crippen molar-refractivity contribution in [2.75, 3.05) is 7.11 Å². The zero-order chi connectivity index (χ0) is 10.8. The molecule has 0 bridgehead atoms. The third-order valence-corrected chi connectivity index (χ3v) is 2.81. The van der Waals surface area contributed by atoms with Gasteiger partial charge in [-0.1, -0.05) is 16.9 Å². The summed E-state index contributed by atoms with van der Waals surface area (Å²) in [7, 11) is 1.31. The number of nitrogens with zero attached hydrogens (tertiary/aromatic N) is 2. The molecule has 0 amide bonds. The first-order valence-electron chi connectivity index (χ1n) is 4.15. The second-order valence-corrected chi connectivity index (χ2v) is 3.83. The summed E-state index contributed by atoms with van der Waals surface area (Å²) >= 11 is 1.56. The maximum atomic E-state index is 10.9. The number of nitrogens with one attached hydrogen (secondary N) is 1. The van der Waals surface area contributed by atoms with Crippen molar-refractivity contribution in [1.29, 1.82) is 0 Å². The average Bonchev–Trinajstić information content (AvgIpc) is 2.72. The third-order valence-electron chi connectivity index (χ3n) is 1.91. The van der Waals surface area contributed by atoms with E-state index in [1.165, 1.54) is 7.11 Å². The molecule has 2 rings (SSSR count). The molecule has 2 N–H and O–H groups in total. The van der Waals surface area contributed by atoms with Crippen molar-refractivity contribution in [3.63, 3.8) is 0 Å². The monoisotopic (exact) mass is 227 g/mol. The quantitative estimate of drug-likeness (QED) is 0.534. The lowest BCUT2D eigenvalue weighted by Crippen LogP contribution is -2.30. The first-order chi connectivity index (χ1) is 7.22. The molecule has 0 aromatic carbocycles. The van der Waals surface area contributed by atoms with Crippen LogP contribution in [-0.2, 0) is 9.63 Å². The normalized spacial score (nSPS) is 23.5. The highest BCUT2D eigenvalue weighted by Gasteiger charge is 2.30. The maximum Gasteiger partial charge on any atom is 0.360 e. The van der Waals surface area contributed by atoms with Gasteiger partial charge in [-0.2, -0.15) is 0 Å². The first kappa shape index (κ1) is 9.91. The molecular formula is C8H9N3O3S. The lowest BCUT2D eigenvalue weighted by Gasteiger charge is -2.13. The van der Waals surface area contributed by atoms with Crippen molar-refractivity contribution in [3.05, 3.63) is 23.5 Å². The van der Waals surface area contributed by atoms with Gasteiger partial charge in [0.2, 0.25) is 5.71 Å². The lowest BCUT2D eigenvalue weighted by atomic mass is 10.3. The Morgan fingerprint density at radius 1 is 1.80 bits per heavy atom. The predicted molar refractivity (Wildman–Crippen MR) is 55.7 cm³/mol. The second-order valence-electron chi connectivity index (χ2n) is 2.84. The van der Waals surface area contributed by atoms with Crippen LogP contribution >= 0.6 is 11.8 Å². The van der Waals surface area contributed by atoms with E-state index < -0.39 is 5.97 Å². The van der Waals surface area contributed by atoms with E-state index in [9.17, 15) is 4.79 Å². The van der Waals surface area contributed by atoms with Crippen LogP contribution < -0.4 is 5.32 Å². The summed E-state index contributed by atoms with van der Waals surface area (Å²) in [4.78, 5) is 17.2. The summed E-state index contributed by atoms with van der Waals surface area (Å²) in [6.45, 7) is 0. The summed E-state index contributed by atoms with van der Waals surface area (Å²) < 4.78 is 0. The van der Waals surface area contributed by atoms with Gasteiger partial charge in [-0.15, -0.1) is 0 Å². The van der Waals surface area contributed by atoms with E-state index in [-0.39, 0.29) is 11.2 Å². The molecule has 1 unspecified atom stereocenters. The van der Waals surface area contributed by atoms with E-state index in [0.29, 0.717) is 5.70 Å². The van der Waals surface area contributed by atoms with E-state index in [4.69, 9.17) is 5.11 Å². The Hall–Kier alpha value is -1.63. The van der Waals surface area contributed by atoms with Crippen LogP contribution in [0.1, 0.15) is 0 Å². The Morgan fingerprint density at radius 3 is 3.20 bits per heavy atom. The smallest absolute Gasteiger partial charge is 0.360 e. The number of hydrogen-bond donors (Lipinski definition) is 2. The van der Waals surface area contributed by atoms with E-state index >= 15 is 0 Å². The minimum Gasteiger partial charge on any atom is -0.476 e. The van der Waals surface area contributed by atoms with Crippen LogP contribution in [0.25, 0.3) is 0 Å². The Bertz CT molecular complexity index is 377. The minimum absolute atomic E-state index is 0.0291. The van der Waals surface area contributed by atoms with Gasteiger partial charge < -0.3 is 20.2 Å². The van der Waals surface area contributed by atoms with Crippen LogP contribution in [0, 0.1) is 0 Å². The number of fused-ring (bicyclic) bond motifs is 1. The van der Waals surface area contributed by atoms with Gasteiger partial charge in [0.15, 0.2) is 5.50 Å². The van der Waals surface area contributed by atoms with Crippen molar-refractivity contribution in [1.82, 2.24) is 10.2 Å². The van der Waals surface area contributed by atoms with E-state index in [1.54, 1.807) is 18.0 Å². The number of rotatable bonds is 3. The van der Waals surface area contributed by atoms with Gasteiger partial charge in [-0.3, -0.25) is 0 Å². The standard InChI is InChI=1S/C8H9N3O3S/c1-14-10-6(7(12)13)5-4-11-2-3-15-8(11)9-5/h2-4,8-9H,1H3,(H,12,13)/b10-6-. The Kier molecular flexibility index (Phi) is 2.55. The Morgan fingerprint density at radius 2 is 2.60 bits per heavy atom. The largest absolute Gasteiger partial charge is 0.476 e. The van der Waals surface area contributed by atoms with Gasteiger partial charge in [0.1, 0.15) is 7.11 Å². The van der Waals surface area contributed by atoms with Crippen molar-refractivity contribution < 1.29 is 14.7 Å². The van der Waals surface area contributed by atoms with Crippen molar-refractivity contribution in [3.8, 4) is 0 Å². The molecule has 0 aromatic heterocycles. The van der Waals surface area contributed by atoms with Gasteiger partial charge in [-0.05, 0) is 5.41 Å². The summed E-state index contributed by atoms with van der Waals surface area (Å²) in [6.07, 6.45) is 3.55. The van der Waals surface area contributed by atoms with Crippen LogP contribution in [0.5, 0.6) is 0 Å². The van der Waals surface area contributed by atoms with Crippen molar-refractivity contribution in [2.45, 2.75) is 5.50 Å². The fourth-order valence-corrected chi connectivity index (χ4v) is 2.12. The number of carbonyl (C=O) groups is 1. The van der Waals surface area contributed by atoms with Gasteiger partial charge in [0.25, 0.3) is 0 Å². The second kappa shape index (κ2) is 3.85. The maximum absolute atomic E-state index is 10.9. The zero-order valence-electron chi connectivity index (χ0n) is 7.88. The molecule has 7 heteroatoms. The average molecular weight is 227 g/mol. The van der Waals surface area contributed by atoms with Crippen LogP contribution in [0.15, 0.2) is 28.7 Å². The minimum atomic E-state index is -1.12. The molecule has 0 fully saturated rings. The lowest BCUT2D eigenvalue weighted by molar-refractivity contribution is -0.129. The van der Waals surface area contributed by atoms with Crippen molar-refractivity contribution >= 4 is 23.4 Å². The predicted octanol–water partition coefficient (Wildman–Crippen LogP) is 0.322. The van der Waals surface area contributed by atoms with E-state index in [2.05, 4.69) is 15.3 Å². The summed E-state index contributed by atoms with van der Waals surface area (Å²) in [6, 6.07) is 0. The number of carboxylic acid groups (broad SMARTS) is 1. The molecule has 1 atom stereocenters. The molecule has 2 aliphatic rings. The van der Waals surface area contributed by atoms with Crippen molar-refractivity contribution in [2.24, 2.45) is 5.16 Å². The van der Waals surface area contributed by atoms with Crippen LogP contribution in [0.4, 0.5) is 0 Å². The fraction of sp³-hybridized carbons (Fsp3) is 0.250. The molecule has 2 aliphatic heterocycles. The molecule has 0 aromatic rings. The fourth-order valence-electron chi connectivity index (χ4n) is 1.29. The zero-order valence-corrected chi connectivity index (χ0v) is 8.69.